The van der Waals surface area contributed by atoms with Gasteiger partial charge in [0.15, 0.2) is 5.69 Å². The molecule has 37 heavy (non-hydrogen) atoms. The Morgan fingerprint density at radius 3 is 2.43 bits per heavy atom. The first kappa shape index (κ1) is 29.7. The number of fused-ring (bicyclic) bond motifs is 1. The Kier molecular flexibility index (Phi) is 11.4. The quantitative estimate of drug-likeness (QED) is 0.308. The number of hydrogen-bond acceptors (Lipinski definition) is 7. The van der Waals surface area contributed by atoms with Gasteiger partial charge >= 0.3 is 18.2 Å². The second-order valence-electron chi connectivity index (χ2n) is 9.21. The van der Waals surface area contributed by atoms with Gasteiger partial charge in [0.1, 0.15) is 12.2 Å². The highest BCUT2D eigenvalue weighted by Gasteiger charge is 2.32. The average Bonchev–Trinajstić information content (AvgIpc) is 3.24. The molecule has 0 aliphatic carbocycles. The molecule has 2 amide bonds. The minimum Gasteiger partial charge on any atom is -0.461 e. The fourth-order valence-electron chi connectivity index (χ4n) is 3.69. The number of benzene rings is 1. The Morgan fingerprint density at radius 1 is 1.08 bits per heavy atom. The lowest BCUT2D eigenvalue weighted by Gasteiger charge is -2.29. The van der Waals surface area contributed by atoms with E-state index in [9.17, 15) is 14.4 Å². The van der Waals surface area contributed by atoms with E-state index < -0.39 is 23.8 Å². The van der Waals surface area contributed by atoms with Crippen molar-refractivity contribution >= 4 is 18.2 Å². The molecule has 1 aliphatic rings. The van der Waals surface area contributed by atoms with E-state index in [4.69, 9.17) is 14.2 Å². The molecule has 0 spiro atoms. The maximum absolute atomic E-state index is 12.8. The molecule has 1 aromatic carbocycles. The monoisotopic (exact) mass is 516 g/mol. The topological polar surface area (TPSA) is 112 Å². The van der Waals surface area contributed by atoms with E-state index in [1.165, 1.54) is 0 Å². The van der Waals surface area contributed by atoms with Gasteiger partial charge in [-0.15, -0.1) is 0 Å². The summed E-state index contributed by atoms with van der Waals surface area (Å²) in [4.78, 5) is 38.9. The molecule has 0 saturated heterocycles. The van der Waals surface area contributed by atoms with E-state index in [0.717, 1.165) is 11.3 Å². The maximum Gasteiger partial charge on any atom is 0.410 e. The summed E-state index contributed by atoms with van der Waals surface area (Å²) in [6.45, 7) is 13.0. The highest BCUT2D eigenvalue weighted by molar-refractivity contribution is 5.90. The molecule has 0 saturated carbocycles. The van der Waals surface area contributed by atoms with Gasteiger partial charge in [-0.05, 0) is 39.7 Å². The van der Waals surface area contributed by atoms with Crippen LogP contribution >= 0.6 is 0 Å². The van der Waals surface area contributed by atoms with Crippen molar-refractivity contribution in [1.29, 1.82) is 0 Å². The van der Waals surface area contributed by atoms with Crippen LogP contribution in [0.4, 0.5) is 9.59 Å². The van der Waals surface area contributed by atoms with E-state index >= 15 is 0 Å². The predicted octanol–water partition coefficient (Wildman–Crippen LogP) is 4.70. The lowest BCUT2D eigenvalue weighted by molar-refractivity contribution is 0.0219. The van der Waals surface area contributed by atoms with Crippen molar-refractivity contribution in [1.82, 2.24) is 20.0 Å². The summed E-state index contributed by atoms with van der Waals surface area (Å²) in [7, 11) is 0. The number of esters is 1. The number of nitrogens with one attached hydrogen (secondary N) is 1. The van der Waals surface area contributed by atoms with Crippen LogP contribution in [-0.2, 0) is 40.3 Å². The van der Waals surface area contributed by atoms with Crippen molar-refractivity contribution in [2.75, 3.05) is 19.7 Å². The van der Waals surface area contributed by atoms with Gasteiger partial charge in [-0.2, -0.15) is 5.10 Å². The third-order valence-electron chi connectivity index (χ3n) is 5.25. The molecule has 10 heteroatoms. The van der Waals surface area contributed by atoms with Gasteiger partial charge in [0.25, 0.3) is 0 Å². The second kappa shape index (κ2) is 14.2. The number of carbonyl (C=O) groups excluding carboxylic acids is 3. The molecule has 2 heterocycles. The maximum atomic E-state index is 12.8. The first-order valence-corrected chi connectivity index (χ1v) is 12.9. The summed E-state index contributed by atoms with van der Waals surface area (Å²) < 4.78 is 17.6. The van der Waals surface area contributed by atoms with Crippen molar-refractivity contribution in [3.05, 3.63) is 52.8 Å². The summed E-state index contributed by atoms with van der Waals surface area (Å²) >= 11 is 0. The van der Waals surface area contributed by atoms with Crippen LogP contribution in [0, 0.1) is 0 Å². The van der Waals surface area contributed by atoms with Crippen LogP contribution in [0.25, 0.3) is 0 Å². The molecule has 1 aliphatic heterocycles. The van der Waals surface area contributed by atoms with Crippen LogP contribution in [0.1, 0.15) is 75.3 Å². The van der Waals surface area contributed by atoms with Crippen molar-refractivity contribution in [2.24, 2.45) is 0 Å². The first-order chi connectivity index (χ1) is 17.7. The Hall–Kier alpha value is -3.56. The molecule has 0 unspecified atom stereocenters. The van der Waals surface area contributed by atoms with Gasteiger partial charge < -0.3 is 24.4 Å². The van der Waals surface area contributed by atoms with Crippen LogP contribution in [0.15, 0.2) is 30.3 Å². The number of carbonyl (C=O) groups is 3. The van der Waals surface area contributed by atoms with Crippen LogP contribution in [0.3, 0.4) is 0 Å². The van der Waals surface area contributed by atoms with Gasteiger partial charge in [-0.1, -0.05) is 44.2 Å². The molecular formula is C27H40N4O6. The van der Waals surface area contributed by atoms with Crippen LogP contribution < -0.4 is 5.32 Å². The summed E-state index contributed by atoms with van der Waals surface area (Å²) in [5.41, 5.74) is 2.07. The molecular weight excluding hydrogens is 476 g/mol. The number of aromatic nitrogens is 2. The molecule has 10 nitrogen and oxygen atoms in total. The normalized spacial score (nSPS) is 12.5. The van der Waals surface area contributed by atoms with Gasteiger partial charge in [0, 0.05) is 31.6 Å². The minimum absolute atomic E-state index is 0.194. The molecule has 0 radical (unpaired) electrons. The van der Waals surface area contributed by atoms with Crippen molar-refractivity contribution in [3.63, 3.8) is 0 Å². The van der Waals surface area contributed by atoms with Crippen LogP contribution in [-0.4, -0.2) is 58.1 Å². The van der Waals surface area contributed by atoms with Crippen molar-refractivity contribution in [2.45, 2.75) is 79.7 Å². The molecule has 0 atom stereocenters. The van der Waals surface area contributed by atoms with E-state index in [1.54, 1.807) is 16.5 Å². The summed E-state index contributed by atoms with van der Waals surface area (Å²) in [5.74, 6) is -0.484. The minimum atomic E-state index is -0.610. The lowest BCUT2D eigenvalue weighted by Crippen LogP contribution is -2.40. The Bertz CT molecular complexity index is 1030. The highest BCUT2D eigenvalue weighted by Crippen LogP contribution is 2.25. The standard InChI is InChI=1S/C25H34N4O6.C2H6/c1-5-33-22(30)21-19-16-28(24(32)35-25(2,3)4)15-12-20(19)27-29(21)14-9-13-26-23(31)34-17-18-10-7-6-8-11-18;1-2/h6-8,10-11H,5,9,12-17H2,1-4H3,(H,26,31);1-2H3. The van der Waals surface area contributed by atoms with Gasteiger partial charge in [-0.25, -0.2) is 14.4 Å². The van der Waals surface area contributed by atoms with E-state index in [0.29, 0.717) is 43.7 Å². The summed E-state index contributed by atoms with van der Waals surface area (Å²) in [6.07, 6.45) is 0.109. The van der Waals surface area contributed by atoms with Gasteiger partial charge in [-0.3, -0.25) is 4.68 Å². The Labute approximate surface area is 219 Å². The van der Waals surface area contributed by atoms with Gasteiger partial charge in [0.05, 0.1) is 18.8 Å². The number of amides is 2. The predicted molar refractivity (Wildman–Crippen MR) is 139 cm³/mol. The number of nitrogens with zero attached hydrogens (tertiary/aromatic N) is 3. The highest BCUT2D eigenvalue weighted by atomic mass is 16.6. The smallest absolute Gasteiger partial charge is 0.410 e. The fourth-order valence-corrected chi connectivity index (χ4v) is 3.69. The molecule has 204 valence electrons. The second-order valence-corrected chi connectivity index (χ2v) is 9.21. The molecule has 2 aromatic rings. The number of alkyl carbamates (subject to hydrolysis) is 1. The van der Waals surface area contributed by atoms with Crippen LogP contribution in [0.5, 0.6) is 0 Å². The first-order valence-electron chi connectivity index (χ1n) is 12.9. The number of aryl methyl sites for hydroxylation is 1. The molecule has 0 fully saturated rings. The molecule has 1 aromatic heterocycles. The number of rotatable bonds is 8. The number of hydrogen-bond donors (Lipinski definition) is 1. The fraction of sp³-hybridized carbons (Fsp3) is 0.556. The third-order valence-corrected chi connectivity index (χ3v) is 5.25. The average molecular weight is 517 g/mol. The third kappa shape index (κ3) is 9.11. The number of ether oxygens (including phenoxy) is 3. The molecule has 1 N–H and O–H groups in total. The molecule has 0 bridgehead atoms. The molecule has 3 rings (SSSR count). The summed E-state index contributed by atoms with van der Waals surface area (Å²) in [6, 6.07) is 9.43. The van der Waals surface area contributed by atoms with E-state index in [2.05, 4.69) is 10.4 Å². The largest absolute Gasteiger partial charge is 0.461 e. The Balaban J connectivity index is 0.00000235. The van der Waals surface area contributed by atoms with Gasteiger partial charge in [0.2, 0.25) is 0 Å². The van der Waals surface area contributed by atoms with E-state index in [-0.39, 0.29) is 19.8 Å². The SMILES string of the molecule is CC.CCOC(=O)c1c2c(nn1CCCNC(=O)OCc1ccccc1)CCN(C(=O)OC(C)(C)C)C2. The van der Waals surface area contributed by atoms with Crippen molar-refractivity contribution < 1.29 is 28.6 Å². The van der Waals surface area contributed by atoms with Crippen molar-refractivity contribution in [3.8, 4) is 0 Å². The Morgan fingerprint density at radius 2 is 1.78 bits per heavy atom. The summed E-state index contributed by atoms with van der Waals surface area (Å²) in [5, 5.41) is 7.32. The van der Waals surface area contributed by atoms with E-state index in [1.807, 2.05) is 65.0 Å². The van der Waals surface area contributed by atoms with Crippen LogP contribution in [0.2, 0.25) is 0 Å². The zero-order valence-electron chi connectivity index (χ0n) is 22.8. The zero-order chi connectivity index (χ0) is 27.4. The zero-order valence-corrected chi connectivity index (χ0v) is 22.8. The lowest BCUT2D eigenvalue weighted by atomic mass is 10.1.